The van der Waals surface area contributed by atoms with Gasteiger partial charge in [0.15, 0.2) is 0 Å². The summed E-state index contributed by atoms with van der Waals surface area (Å²) in [7, 11) is 0. The van der Waals surface area contributed by atoms with E-state index in [1.165, 1.54) is 19.3 Å². The van der Waals surface area contributed by atoms with Crippen LogP contribution in [0.4, 0.5) is 0 Å². The van der Waals surface area contributed by atoms with Crippen LogP contribution in [-0.2, 0) is 4.79 Å². The molecule has 3 rings (SSSR count). The predicted octanol–water partition coefficient (Wildman–Crippen LogP) is 2.56. The molecule has 23 heavy (non-hydrogen) atoms. The second kappa shape index (κ2) is 7.66. The molecule has 1 aliphatic heterocycles. The van der Waals surface area contributed by atoms with E-state index < -0.39 is 0 Å². The van der Waals surface area contributed by atoms with Crippen LogP contribution in [0.3, 0.4) is 0 Å². The molecule has 1 aromatic heterocycles. The van der Waals surface area contributed by atoms with Crippen molar-refractivity contribution in [2.45, 2.75) is 44.9 Å². The number of aromatic nitrogens is 1. The van der Waals surface area contributed by atoms with Gasteiger partial charge in [-0.05, 0) is 43.7 Å². The monoisotopic (exact) mass is 317 g/mol. The summed E-state index contributed by atoms with van der Waals surface area (Å²) in [6, 6.07) is 3.67. The lowest BCUT2D eigenvalue weighted by Gasteiger charge is -2.32. The van der Waals surface area contributed by atoms with Crippen LogP contribution >= 0.6 is 0 Å². The number of carbonyl (C=O) groups is 2. The van der Waals surface area contributed by atoms with Crippen molar-refractivity contribution in [1.82, 2.24) is 15.2 Å². The van der Waals surface area contributed by atoms with Gasteiger partial charge in [0.05, 0.1) is 0 Å². The Kier molecular flexibility index (Phi) is 5.36. The van der Waals surface area contributed by atoms with E-state index in [0.29, 0.717) is 11.6 Å². The van der Waals surface area contributed by atoms with Gasteiger partial charge in [-0.25, -0.2) is 0 Å². The number of hydrogen-bond donors (Lipinski definition) is 2. The normalized spacial score (nSPS) is 20.4. The van der Waals surface area contributed by atoms with Crippen molar-refractivity contribution in [1.29, 1.82) is 0 Å². The third-order valence-electron chi connectivity index (χ3n) is 5.27. The molecule has 2 amide bonds. The smallest absolute Gasteiger partial charge is 0.270 e. The fraction of sp³-hybridized carbons (Fsp3) is 0.667. The minimum Gasteiger partial charge on any atom is -0.357 e. The Hall–Kier alpha value is -1.78. The second-order valence-corrected chi connectivity index (χ2v) is 6.90. The van der Waals surface area contributed by atoms with E-state index in [1.807, 2.05) is 17.0 Å². The number of nitrogens with zero attached hydrogens (tertiary/aromatic N) is 1. The van der Waals surface area contributed by atoms with Crippen molar-refractivity contribution in [3.63, 3.8) is 0 Å². The van der Waals surface area contributed by atoms with Crippen LogP contribution < -0.4 is 5.32 Å². The highest BCUT2D eigenvalue weighted by atomic mass is 16.2. The molecule has 0 radical (unpaired) electrons. The molecule has 0 aromatic carbocycles. The minimum absolute atomic E-state index is 0.0830. The van der Waals surface area contributed by atoms with E-state index in [9.17, 15) is 9.59 Å². The lowest BCUT2D eigenvalue weighted by molar-refractivity contribution is -0.126. The first kappa shape index (κ1) is 16.1. The molecule has 2 N–H and O–H groups in total. The van der Waals surface area contributed by atoms with Gasteiger partial charge in [-0.3, -0.25) is 9.59 Å². The molecule has 0 spiro atoms. The van der Waals surface area contributed by atoms with Crippen molar-refractivity contribution in [2.75, 3.05) is 19.6 Å². The highest BCUT2D eigenvalue weighted by Crippen LogP contribution is 2.24. The highest BCUT2D eigenvalue weighted by Gasteiger charge is 2.26. The van der Waals surface area contributed by atoms with Crippen LogP contribution in [0.15, 0.2) is 18.3 Å². The summed E-state index contributed by atoms with van der Waals surface area (Å²) in [6.45, 7) is 2.32. The maximum absolute atomic E-state index is 12.3. The third-order valence-corrected chi connectivity index (χ3v) is 5.27. The summed E-state index contributed by atoms with van der Waals surface area (Å²) in [4.78, 5) is 29.3. The van der Waals surface area contributed by atoms with Crippen molar-refractivity contribution in [3.8, 4) is 0 Å². The number of hydrogen-bond acceptors (Lipinski definition) is 2. The summed E-state index contributed by atoms with van der Waals surface area (Å²) in [5.41, 5.74) is 0.661. The summed E-state index contributed by atoms with van der Waals surface area (Å²) < 4.78 is 0. The molecular weight excluding hydrogens is 290 g/mol. The third kappa shape index (κ3) is 4.15. The van der Waals surface area contributed by atoms with Crippen molar-refractivity contribution < 1.29 is 9.59 Å². The van der Waals surface area contributed by atoms with Gasteiger partial charge in [0.25, 0.3) is 5.91 Å². The first-order chi connectivity index (χ1) is 11.2. The highest BCUT2D eigenvalue weighted by molar-refractivity contribution is 5.92. The molecule has 0 atom stereocenters. The lowest BCUT2D eigenvalue weighted by atomic mass is 9.88. The Morgan fingerprint density at radius 2 is 1.87 bits per heavy atom. The van der Waals surface area contributed by atoms with Gasteiger partial charge in [-0.15, -0.1) is 0 Å². The zero-order valence-electron chi connectivity index (χ0n) is 13.7. The summed E-state index contributed by atoms with van der Waals surface area (Å²) >= 11 is 0. The Labute approximate surface area is 137 Å². The Balaban J connectivity index is 1.39. The van der Waals surface area contributed by atoms with Crippen LogP contribution in [0.25, 0.3) is 0 Å². The number of piperidine rings is 1. The fourth-order valence-electron chi connectivity index (χ4n) is 3.73. The van der Waals surface area contributed by atoms with Gasteiger partial charge >= 0.3 is 0 Å². The molecule has 2 aliphatic rings. The maximum atomic E-state index is 12.3. The fourth-order valence-corrected chi connectivity index (χ4v) is 3.73. The van der Waals surface area contributed by atoms with E-state index in [2.05, 4.69) is 10.3 Å². The number of carbonyl (C=O) groups excluding carboxylic acids is 2. The molecule has 5 heteroatoms. The summed E-state index contributed by atoms with van der Waals surface area (Å²) in [5.74, 6) is 1.06. The Bertz CT molecular complexity index is 512. The molecule has 1 aromatic rings. The van der Waals surface area contributed by atoms with Gasteiger partial charge in [-0.1, -0.05) is 19.3 Å². The zero-order valence-corrected chi connectivity index (χ0v) is 13.7. The van der Waals surface area contributed by atoms with Crippen molar-refractivity contribution in [3.05, 3.63) is 24.0 Å². The van der Waals surface area contributed by atoms with Gasteiger partial charge in [0, 0.05) is 31.7 Å². The van der Waals surface area contributed by atoms with Crippen LogP contribution in [0, 0.1) is 11.8 Å². The number of likely N-dealkylation sites (tertiary alicyclic amines) is 1. The first-order valence-electron chi connectivity index (χ1n) is 8.94. The molecule has 5 nitrogen and oxygen atoms in total. The van der Waals surface area contributed by atoms with Crippen molar-refractivity contribution >= 4 is 11.8 Å². The lowest BCUT2D eigenvalue weighted by Crippen LogP contribution is -2.42. The average molecular weight is 317 g/mol. The number of rotatable bonds is 4. The quantitative estimate of drug-likeness (QED) is 0.896. The molecule has 1 saturated heterocycles. The van der Waals surface area contributed by atoms with Gasteiger partial charge in [0.1, 0.15) is 5.69 Å². The topological polar surface area (TPSA) is 65.2 Å². The molecule has 1 saturated carbocycles. The van der Waals surface area contributed by atoms with E-state index in [0.717, 1.165) is 45.3 Å². The van der Waals surface area contributed by atoms with Gasteiger partial charge in [-0.2, -0.15) is 0 Å². The molecule has 0 bridgehead atoms. The minimum atomic E-state index is 0.0830. The average Bonchev–Trinajstić information content (AvgIpc) is 3.15. The molecule has 2 fully saturated rings. The van der Waals surface area contributed by atoms with Crippen LogP contribution in [0.2, 0.25) is 0 Å². The Morgan fingerprint density at radius 3 is 2.52 bits per heavy atom. The zero-order chi connectivity index (χ0) is 16.1. The number of aromatic amines is 1. The molecular formula is C18H27N3O2. The van der Waals surface area contributed by atoms with Crippen molar-refractivity contribution in [2.24, 2.45) is 11.8 Å². The van der Waals surface area contributed by atoms with Crippen LogP contribution in [0.5, 0.6) is 0 Å². The van der Waals surface area contributed by atoms with E-state index in [-0.39, 0.29) is 17.7 Å². The standard InChI is InChI=1S/C18H27N3O2/c22-17(15-5-2-1-3-6-15)20-13-14-8-11-21(12-9-14)18(23)16-7-4-10-19-16/h4,7,10,14-15,19H,1-3,5-6,8-9,11-13H2,(H,20,22). The Morgan fingerprint density at radius 1 is 1.13 bits per heavy atom. The molecule has 2 heterocycles. The van der Waals surface area contributed by atoms with E-state index in [1.54, 1.807) is 6.20 Å². The molecule has 0 unspecified atom stereocenters. The van der Waals surface area contributed by atoms with Crippen LogP contribution in [-0.4, -0.2) is 41.3 Å². The molecule has 1 aliphatic carbocycles. The number of H-pyrrole nitrogens is 1. The maximum Gasteiger partial charge on any atom is 0.270 e. The predicted molar refractivity (Wildman–Crippen MR) is 89.0 cm³/mol. The summed E-state index contributed by atoms with van der Waals surface area (Å²) in [5, 5.41) is 3.15. The van der Waals surface area contributed by atoms with Gasteiger partial charge in [0.2, 0.25) is 5.91 Å². The van der Waals surface area contributed by atoms with E-state index >= 15 is 0 Å². The number of nitrogens with one attached hydrogen (secondary N) is 2. The second-order valence-electron chi connectivity index (χ2n) is 6.90. The first-order valence-corrected chi connectivity index (χ1v) is 8.94. The van der Waals surface area contributed by atoms with Gasteiger partial charge < -0.3 is 15.2 Å². The van der Waals surface area contributed by atoms with E-state index in [4.69, 9.17) is 0 Å². The largest absolute Gasteiger partial charge is 0.357 e. The summed E-state index contributed by atoms with van der Waals surface area (Å²) in [6.07, 6.45) is 9.48. The molecule has 126 valence electrons. The number of amides is 2. The van der Waals surface area contributed by atoms with Crippen LogP contribution in [0.1, 0.15) is 55.4 Å². The SMILES string of the molecule is O=C(NCC1CCN(C(=O)c2ccc[nH]2)CC1)C1CCCCC1.